The standard InChI is InChI=1S/C18H30N2O4Si/c1-17(2,3)25(4,5)24-18-10-7-6-8-13(18)23-15(12-18)20-11-9-14(21)19-16(20)22/h9,11,13,15H,6-8,10,12H2,1-5H3,(H,19,21,22)/t13-,15+,18+/m0/s1/i8D/t8-,13-,15+,18+. The molecule has 0 spiro atoms. The van der Waals surface area contributed by atoms with Crippen LogP contribution in [0.25, 0.3) is 0 Å². The van der Waals surface area contributed by atoms with Crippen molar-refractivity contribution in [1.82, 2.24) is 9.55 Å². The average Bonchev–Trinajstić information content (AvgIpc) is 2.85. The zero-order valence-corrected chi connectivity index (χ0v) is 16.8. The normalized spacial score (nSPS) is 33.8. The van der Waals surface area contributed by atoms with Gasteiger partial charge in [0.1, 0.15) is 6.23 Å². The van der Waals surface area contributed by atoms with Crippen LogP contribution in [0.4, 0.5) is 0 Å². The van der Waals surface area contributed by atoms with Crippen molar-refractivity contribution in [3.63, 3.8) is 0 Å². The average molecular weight is 368 g/mol. The van der Waals surface area contributed by atoms with Crippen LogP contribution in [0.15, 0.2) is 21.9 Å². The quantitative estimate of drug-likeness (QED) is 0.833. The third-order valence-corrected chi connectivity index (χ3v) is 10.5. The Labute approximate surface area is 151 Å². The van der Waals surface area contributed by atoms with Crippen molar-refractivity contribution in [2.75, 3.05) is 0 Å². The minimum atomic E-state index is -2.08. The number of fused-ring (bicyclic) bond motifs is 1. The van der Waals surface area contributed by atoms with Gasteiger partial charge in [-0.1, -0.05) is 33.6 Å². The van der Waals surface area contributed by atoms with Crippen molar-refractivity contribution in [3.05, 3.63) is 33.1 Å². The van der Waals surface area contributed by atoms with Crippen LogP contribution < -0.4 is 11.2 Å². The van der Waals surface area contributed by atoms with E-state index in [0.717, 1.165) is 19.3 Å². The van der Waals surface area contributed by atoms with Gasteiger partial charge in [0.2, 0.25) is 0 Å². The summed E-state index contributed by atoms with van der Waals surface area (Å²) < 4.78 is 23.0. The highest BCUT2D eigenvalue weighted by Crippen LogP contribution is 2.51. The highest BCUT2D eigenvalue weighted by molar-refractivity contribution is 6.74. The molecule has 4 atom stereocenters. The van der Waals surface area contributed by atoms with Crippen LogP contribution in [0.5, 0.6) is 0 Å². The molecule has 0 amide bonds. The Bertz CT molecular complexity index is 784. The van der Waals surface area contributed by atoms with Crippen LogP contribution in [0.2, 0.25) is 18.1 Å². The maximum Gasteiger partial charge on any atom is 0.330 e. The molecule has 25 heavy (non-hydrogen) atoms. The van der Waals surface area contributed by atoms with Gasteiger partial charge in [0.25, 0.3) is 5.56 Å². The lowest BCUT2D eigenvalue weighted by molar-refractivity contribution is -0.0739. The Morgan fingerprint density at radius 1 is 1.40 bits per heavy atom. The summed E-state index contributed by atoms with van der Waals surface area (Å²) in [5.41, 5.74) is -1.44. The maximum absolute atomic E-state index is 12.2. The molecule has 1 aliphatic heterocycles. The van der Waals surface area contributed by atoms with Gasteiger partial charge in [0.15, 0.2) is 8.32 Å². The van der Waals surface area contributed by atoms with E-state index in [0.29, 0.717) is 6.42 Å². The summed E-state index contributed by atoms with van der Waals surface area (Å²) in [5.74, 6) is 0. The lowest BCUT2D eigenvalue weighted by atomic mass is 9.81. The number of H-pyrrole nitrogens is 1. The van der Waals surface area contributed by atoms with Gasteiger partial charge in [0.05, 0.1) is 11.7 Å². The summed E-state index contributed by atoms with van der Waals surface area (Å²) >= 11 is 0. The van der Waals surface area contributed by atoms with E-state index in [1.807, 2.05) is 0 Å². The second-order valence-corrected chi connectivity index (χ2v) is 13.5. The molecule has 1 saturated carbocycles. The molecule has 0 bridgehead atoms. The van der Waals surface area contributed by atoms with Crippen molar-refractivity contribution in [2.45, 2.75) is 88.9 Å². The minimum Gasteiger partial charge on any atom is -0.409 e. The number of ether oxygens (including phenoxy) is 1. The van der Waals surface area contributed by atoms with Gasteiger partial charge in [-0.3, -0.25) is 14.3 Å². The van der Waals surface area contributed by atoms with Gasteiger partial charge in [-0.05, 0) is 30.9 Å². The first kappa shape index (κ1) is 17.2. The first-order valence-corrected chi connectivity index (χ1v) is 12.0. The smallest absolute Gasteiger partial charge is 0.330 e. The molecule has 0 unspecified atom stereocenters. The molecule has 7 heteroatoms. The van der Waals surface area contributed by atoms with Gasteiger partial charge in [-0.15, -0.1) is 0 Å². The minimum absolute atomic E-state index is 0.0498. The fraction of sp³-hybridized carbons (Fsp3) is 0.778. The van der Waals surface area contributed by atoms with Crippen molar-refractivity contribution >= 4 is 8.32 Å². The molecule has 1 saturated heterocycles. The van der Waals surface area contributed by atoms with Crippen molar-refractivity contribution < 1.29 is 10.5 Å². The van der Waals surface area contributed by atoms with Gasteiger partial charge in [0, 0.05) is 20.1 Å². The number of hydrogen-bond donors (Lipinski definition) is 1. The summed E-state index contributed by atoms with van der Waals surface area (Å²) in [6.45, 7) is 11.0. The first-order chi connectivity index (χ1) is 12.0. The molecule has 2 fully saturated rings. The zero-order valence-electron chi connectivity index (χ0n) is 16.8. The number of nitrogens with one attached hydrogen (secondary N) is 1. The van der Waals surface area contributed by atoms with Crippen molar-refractivity contribution in [3.8, 4) is 0 Å². The Balaban J connectivity index is 1.97. The van der Waals surface area contributed by atoms with E-state index < -0.39 is 31.4 Å². The lowest BCUT2D eigenvalue weighted by Crippen LogP contribution is -2.54. The highest BCUT2D eigenvalue weighted by Gasteiger charge is 2.55. The number of nitrogens with zero attached hydrogens (tertiary/aromatic N) is 1. The summed E-state index contributed by atoms with van der Waals surface area (Å²) in [5, 5.41) is 0.0498. The van der Waals surface area contributed by atoms with Crippen LogP contribution in [0, 0.1) is 0 Å². The van der Waals surface area contributed by atoms with E-state index in [4.69, 9.17) is 10.5 Å². The third-order valence-electron chi connectivity index (χ3n) is 5.95. The van der Waals surface area contributed by atoms with E-state index in [9.17, 15) is 9.59 Å². The fourth-order valence-electron chi connectivity index (χ4n) is 3.57. The third kappa shape index (κ3) is 3.41. The SMILES string of the molecule is [2H][C@H]1CCC[C@@]2(O[Si](C)(C)C(C)(C)C)C[C@H](n3ccc(=O)[nH]c3=O)O[C@@H]12. The van der Waals surface area contributed by atoms with Gasteiger partial charge in [-0.25, -0.2) is 4.79 Å². The number of rotatable bonds is 3. The van der Waals surface area contributed by atoms with Crippen molar-refractivity contribution in [1.29, 1.82) is 0 Å². The monoisotopic (exact) mass is 367 g/mol. The molecule has 6 nitrogen and oxygen atoms in total. The van der Waals surface area contributed by atoms with E-state index >= 15 is 0 Å². The number of aromatic amines is 1. The summed E-state index contributed by atoms with van der Waals surface area (Å²) in [7, 11) is -2.08. The lowest BCUT2D eigenvalue weighted by Gasteiger charge is -2.47. The molecule has 3 rings (SSSR count). The Hall–Kier alpha value is -1.18. The summed E-state index contributed by atoms with van der Waals surface area (Å²) in [6.07, 6.45) is 3.32. The predicted octanol–water partition coefficient (Wildman–Crippen LogP) is 3.16. The Morgan fingerprint density at radius 2 is 2.12 bits per heavy atom. The van der Waals surface area contributed by atoms with E-state index in [1.54, 1.807) is 0 Å². The second kappa shape index (κ2) is 6.21. The van der Waals surface area contributed by atoms with E-state index in [2.05, 4.69) is 38.8 Å². The first-order valence-electron chi connectivity index (χ1n) is 9.62. The molecule has 140 valence electrons. The molecule has 2 heterocycles. The topological polar surface area (TPSA) is 73.3 Å². The second-order valence-electron chi connectivity index (χ2n) is 8.79. The highest BCUT2D eigenvalue weighted by atomic mass is 28.4. The van der Waals surface area contributed by atoms with Gasteiger partial charge < -0.3 is 9.16 Å². The largest absolute Gasteiger partial charge is 0.409 e. The zero-order chi connectivity index (χ0) is 19.3. The van der Waals surface area contributed by atoms with Crippen molar-refractivity contribution in [2.24, 2.45) is 0 Å². The maximum atomic E-state index is 12.2. The van der Waals surface area contributed by atoms with Crippen LogP contribution in [-0.4, -0.2) is 29.6 Å². The number of hydrogen-bond acceptors (Lipinski definition) is 4. The Morgan fingerprint density at radius 3 is 2.76 bits per heavy atom. The summed E-state index contributed by atoms with van der Waals surface area (Å²) in [4.78, 5) is 25.9. The molecule has 1 aromatic heterocycles. The van der Waals surface area contributed by atoms with Gasteiger partial charge >= 0.3 is 5.69 Å². The Kier molecular flexibility index (Phi) is 4.28. The van der Waals surface area contributed by atoms with Crippen LogP contribution in [-0.2, 0) is 9.16 Å². The molecular weight excluding hydrogens is 336 g/mol. The predicted molar refractivity (Wildman–Crippen MR) is 99.3 cm³/mol. The fourth-order valence-corrected chi connectivity index (χ4v) is 5.19. The molecule has 2 aliphatic rings. The van der Waals surface area contributed by atoms with Crippen LogP contribution in [0.1, 0.15) is 60.5 Å². The molecule has 0 aromatic carbocycles. The molecule has 1 N–H and O–H groups in total. The number of aromatic nitrogens is 2. The molecular formula is C18H30N2O4Si. The molecule has 0 radical (unpaired) electrons. The van der Waals surface area contributed by atoms with Crippen LogP contribution >= 0.6 is 0 Å². The molecule has 1 aromatic rings. The van der Waals surface area contributed by atoms with E-state index in [-0.39, 0.29) is 17.5 Å². The summed E-state index contributed by atoms with van der Waals surface area (Å²) in [6, 6.07) is 1.33. The van der Waals surface area contributed by atoms with Crippen LogP contribution in [0.3, 0.4) is 0 Å². The van der Waals surface area contributed by atoms with E-state index in [1.165, 1.54) is 16.8 Å². The molecule has 1 aliphatic carbocycles. The van der Waals surface area contributed by atoms with Gasteiger partial charge in [-0.2, -0.15) is 0 Å².